The Balaban J connectivity index is 2.17. The van der Waals surface area contributed by atoms with Crippen LogP contribution in [0.5, 0.6) is 5.75 Å². The van der Waals surface area contributed by atoms with Crippen molar-refractivity contribution in [2.24, 2.45) is 0 Å². The Morgan fingerprint density at radius 2 is 2.21 bits per heavy atom. The smallest absolute Gasteiger partial charge is 0.241 e. The number of nitrogens with one attached hydrogen (secondary N) is 1. The Morgan fingerprint density at radius 1 is 1.42 bits per heavy atom. The molecule has 0 fully saturated rings. The number of benzene rings is 1. The van der Waals surface area contributed by atoms with E-state index in [2.05, 4.69) is 9.88 Å². The molecule has 2 rings (SSSR count). The molecule has 0 aliphatic heterocycles. The number of anilines is 1. The monoisotopic (exact) mass is 283 g/mol. The summed E-state index contributed by atoms with van der Waals surface area (Å²) in [4.78, 5) is 0.0605. The quantitative estimate of drug-likeness (QED) is 0.784. The van der Waals surface area contributed by atoms with E-state index in [1.54, 1.807) is 6.07 Å². The first-order valence-corrected chi connectivity index (χ1v) is 6.84. The summed E-state index contributed by atoms with van der Waals surface area (Å²) in [5, 5.41) is 3.49. The standard InChI is InChI=1S/C11H13N3O4S/c1-17-11-3-2-9(6-10(11)12)19(15,16)14-7-8-4-5-13-18-8/h2-6,14H,7,12H2,1H3. The lowest BCUT2D eigenvalue weighted by Crippen LogP contribution is -2.23. The average molecular weight is 283 g/mol. The molecule has 0 aliphatic rings. The van der Waals surface area contributed by atoms with Gasteiger partial charge in [-0.05, 0) is 18.2 Å². The highest BCUT2D eigenvalue weighted by molar-refractivity contribution is 7.89. The molecular formula is C11H13N3O4S. The molecule has 2 aromatic rings. The molecule has 0 bridgehead atoms. The highest BCUT2D eigenvalue weighted by Crippen LogP contribution is 2.24. The molecule has 0 saturated heterocycles. The number of aromatic nitrogens is 1. The zero-order valence-corrected chi connectivity index (χ0v) is 11.0. The first-order valence-electron chi connectivity index (χ1n) is 5.35. The first kappa shape index (κ1) is 13.4. The molecule has 102 valence electrons. The van der Waals surface area contributed by atoms with Crippen molar-refractivity contribution in [1.29, 1.82) is 0 Å². The number of hydrogen-bond donors (Lipinski definition) is 2. The molecule has 1 heterocycles. The summed E-state index contributed by atoms with van der Waals surface area (Å²) in [7, 11) is -2.20. The van der Waals surface area contributed by atoms with Gasteiger partial charge in [0.25, 0.3) is 0 Å². The van der Waals surface area contributed by atoms with Crippen LogP contribution in [0, 0.1) is 0 Å². The summed E-state index contributed by atoms with van der Waals surface area (Å²) in [5.74, 6) is 0.847. The molecular weight excluding hydrogens is 270 g/mol. The fraction of sp³-hybridized carbons (Fsp3) is 0.182. The van der Waals surface area contributed by atoms with Gasteiger partial charge >= 0.3 is 0 Å². The van der Waals surface area contributed by atoms with E-state index >= 15 is 0 Å². The highest BCUT2D eigenvalue weighted by atomic mass is 32.2. The normalized spacial score (nSPS) is 11.4. The van der Waals surface area contributed by atoms with Gasteiger partial charge < -0.3 is 15.0 Å². The molecule has 3 N–H and O–H groups in total. The van der Waals surface area contributed by atoms with Crippen molar-refractivity contribution in [3.63, 3.8) is 0 Å². The van der Waals surface area contributed by atoms with Crippen LogP contribution in [0.4, 0.5) is 5.69 Å². The topological polar surface area (TPSA) is 107 Å². The van der Waals surface area contributed by atoms with E-state index in [-0.39, 0.29) is 17.1 Å². The lowest BCUT2D eigenvalue weighted by Gasteiger charge is -2.08. The zero-order valence-electron chi connectivity index (χ0n) is 10.2. The molecule has 0 unspecified atom stereocenters. The maximum absolute atomic E-state index is 12.0. The van der Waals surface area contributed by atoms with Gasteiger partial charge in [-0.2, -0.15) is 0 Å². The van der Waals surface area contributed by atoms with E-state index < -0.39 is 10.0 Å². The number of rotatable bonds is 5. The van der Waals surface area contributed by atoms with Gasteiger partial charge in [0.1, 0.15) is 5.75 Å². The minimum absolute atomic E-state index is 0.0221. The fourth-order valence-electron chi connectivity index (χ4n) is 1.46. The third kappa shape index (κ3) is 3.04. The number of methoxy groups -OCH3 is 1. The summed E-state index contributed by atoms with van der Waals surface area (Å²) >= 11 is 0. The van der Waals surface area contributed by atoms with Gasteiger partial charge in [0.2, 0.25) is 10.0 Å². The predicted molar refractivity (Wildman–Crippen MR) is 67.9 cm³/mol. The van der Waals surface area contributed by atoms with E-state index in [0.29, 0.717) is 11.5 Å². The van der Waals surface area contributed by atoms with Crippen LogP contribution in [0.1, 0.15) is 5.76 Å². The summed E-state index contributed by atoms with van der Waals surface area (Å²) in [6.45, 7) is 0.0221. The third-order valence-electron chi connectivity index (χ3n) is 2.44. The molecule has 1 aromatic carbocycles. The number of nitrogen functional groups attached to an aromatic ring is 1. The van der Waals surface area contributed by atoms with E-state index in [1.165, 1.54) is 31.5 Å². The maximum atomic E-state index is 12.0. The fourth-order valence-corrected chi connectivity index (χ4v) is 2.49. The minimum atomic E-state index is -3.66. The lowest BCUT2D eigenvalue weighted by molar-refractivity contribution is 0.380. The average Bonchev–Trinajstić information content (AvgIpc) is 2.89. The summed E-state index contributed by atoms with van der Waals surface area (Å²) in [6, 6.07) is 5.82. The molecule has 0 amide bonds. The third-order valence-corrected chi connectivity index (χ3v) is 3.84. The van der Waals surface area contributed by atoms with E-state index in [1.807, 2.05) is 0 Å². The minimum Gasteiger partial charge on any atom is -0.495 e. The van der Waals surface area contributed by atoms with E-state index in [0.717, 1.165) is 0 Å². The number of sulfonamides is 1. The molecule has 8 heteroatoms. The van der Waals surface area contributed by atoms with Crippen LogP contribution < -0.4 is 15.2 Å². The first-order chi connectivity index (χ1) is 9.03. The van der Waals surface area contributed by atoms with Gasteiger partial charge in [0.05, 0.1) is 30.4 Å². The molecule has 0 radical (unpaired) electrons. The van der Waals surface area contributed by atoms with Crippen LogP contribution in [0.15, 0.2) is 39.9 Å². The molecule has 0 atom stereocenters. The second kappa shape index (κ2) is 5.29. The molecule has 0 aliphatic carbocycles. The van der Waals surface area contributed by atoms with Gasteiger partial charge in [-0.1, -0.05) is 5.16 Å². The van der Waals surface area contributed by atoms with Crippen LogP contribution in [-0.2, 0) is 16.6 Å². The second-order valence-electron chi connectivity index (χ2n) is 3.71. The lowest BCUT2D eigenvalue weighted by atomic mass is 10.3. The molecule has 19 heavy (non-hydrogen) atoms. The predicted octanol–water partition coefficient (Wildman–Crippen LogP) is 0.744. The van der Waals surface area contributed by atoms with Crippen LogP contribution in [0.2, 0.25) is 0 Å². The Bertz CT molecular complexity index is 653. The zero-order chi connectivity index (χ0) is 13.9. The Morgan fingerprint density at radius 3 is 2.79 bits per heavy atom. The Kier molecular flexibility index (Phi) is 3.72. The van der Waals surface area contributed by atoms with Crippen molar-refractivity contribution in [2.75, 3.05) is 12.8 Å². The number of nitrogens with two attached hydrogens (primary N) is 1. The SMILES string of the molecule is COc1ccc(S(=O)(=O)NCc2ccno2)cc1N. The van der Waals surface area contributed by atoms with E-state index in [4.69, 9.17) is 15.0 Å². The van der Waals surface area contributed by atoms with Crippen LogP contribution in [-0.4, -0.2) is 20.7 Å². The largest absolute Gasteiger partial charge is 0.495 e. The van der Waals surface area contributed by atoms with Gasteiger partial charge in [-0.25, -0.2) is 13.1 Å². The molecule has 1 aromatic heterocycles. The maximum Gasteiger partial charge on any atom is 0.241 e. The van der Waals surface area contributed by atoms with Gasteiger partial charge in [-0.15, -0.1) is 0 Å². The van der Waals surface area contributed by atoms with Crippen LogP contribution in [0.25, 0.3) is 0 Å². The summed E-state index contributed by atoms with van der Waals surface area (Å²) in [5.41, 5.74) is 5.93. The van der Waals surface area contributed by atoms with Crippen molar-refractivity contribution in [3.05, 3.63) is 36.2 Å². The van der Waals surface area contributed by atoms with Crippen molar-refractivity contribution in [1.82, 2.24) is 9.88 Å². The second-order valence-corrected chi connectivity index (χ2v) is 5.47. The molecule has 0 spiro atoms. The Labute approximate surface area is 110 Å². The summed E-state index contributed by atoms with van der Waals surface area (Å²) < 4.78 is 36.2. The number of hydrogen-bond acceptors (Lipinski definition) is 6. The van der Waals surface area contributed by atoms with Crippen molar-refractivity contribution >= 4 is 15.7 Å². The number of nitrogens with zero attached hydrogens (tertiary/aromatic N) is 1. The van der Waals surface area contributed by atoms with Crippen molar-refractivity contribution in [2.45, 2.75) is 11.4 Å². The van der Waals surface area contributed by atoms with E-state index in [9.17, 15) is 8.42 Å². The van der Waals surface area contributed by atoms with Crippen LogP contribution in [0.3, 0.4) is 0 Å². The van der Waals surface area contributed by atoms with Gasteiger partial charge in [0, 0.05) is 6.07 Å². The van der Waals surface area contributed by atoms with Crippen molar-refractivity contribution in [3.8, 4) is 5.75 Å². The number of ether oxygens (including phenoxy) is 1. The van der Waals surface area contributed by atoms with Crippen LogP contribution >= 0.6 is 0 Å². The highest BCUT2D eigenvalue weighted by Gasteiger charge is 2.16. The van der Waals surface area contributed by atoms with Crippen molar-refractivity contribution < 1.29 is 17.7 Å². The molecule has 0 saturated carbocycles. The summed E-state index contributed by atoms with van der Waals surface area (Å²) in [6.07, 6.45) is 1.44. The molecule has 7 nitrogen and oxygen atoms in total. The van der Waals surface area contributed by atoms with Gasteiger partial charge in [-0.3, -0.25) is 0 Å². The van der Waals surface area contributed by atoms with Gasteiger partial charge in [0.15, 0.2) is 5.76 Å². The Hall–Kier alpha value is -2.06.